The number of benzene rings is 2. The standard InChI is InChI=1S/C40H47ClN6O4/c1-28-24-44(27-43-28)19-8-20-46(25-31-9-5-6-13-36(31)48)39(49)35-26-45(21-22-47(35)40(50)51-33-11-3-2-4-12-33)38-34-17-16-32(41)23-30(34)15-14-29-10-7-18-42-37(29)38/h5-7,9-10,13,16-18,23-24,27,33,35,38,48H,2-4,8,11-12,14-15,19-22,25-26H2,1H3/t35-,38?/m1/s1. The van der Waals surface area contributed by atoms with Gasteiger partial charge in [0, 0.05) is 62.2 Å². The summed E-state index contributed by atoms with van der Waals surface area (Å²) in [5.74, 6) is -0.0349. The highest BCUT2D eigenvalue weighted by atomic mass is 35.5. The number of ether oxygens (including phenoxy) is 1. The molecule has 0 bridgehead atoms. The van der Waals surface area contributed by atoms with Crippen molar-refractivity contribution in [2.45, 2.75) is 89.6 Å². The van der Waals surface area contributed by atoms with Crippen LogP contribution in [0.5, 0.6) is 5.75 Å². The lowest BCUT2D eigenvalue weighted by atomic mass is 9.95. The highest BCUT2D eigenvalue weighted by Gasteiger charge is 2.43. The Bertz CT molecular complexity index is 1840. The molecule has 1 saturated carbocycles. The smallest absolute Gasteiger partial charge is 0.410 e. The molecular weight excluding hydrogens is 664 g/mol. The fourth-order valence-corrected chi connectivity index (χ4v) is 8.18. The highest BCUT2D eigenvalue weighted by Crippen LogP contribution is 2.38. The Morgan fingerprint density at radius 2 is 1.82 bits per heavy atom. The molecule has 2 amide bonds. The number of hydrogen-bond donors (Lipinski definition) is 1. The number of aryl methyl sites for hydroxylation is 4. The van der Waals surface area contributed by atoms with Gasteiger partial charge < -0.3 is 19.3 Å². The summed E-state index contributed by atoms with van der Waals surface area (Å²) in [4.78, 5) is 44.1. The number of phenolic OH excluding ortho intramolecular Hbond substituents is 1. The van der Waals surface area contributed by atoms with Crippen molar-refractivity contribution < 1.29 is 19.4 Å². The first kappa shape index (κ1) is 35.0. The van der Waals surface area contributed by atoms with Crippen molar-refractivity contribution in [1.29, 1.82) is 0 Å². The number of carbonyl (C=O) groups excluding carboxylic acids is 2. The molecule has 1 unspecified atom stereocenters. The van der Waals surface area contributed by atoms with Gasteiger partial charge in [-0.15, -0.1) is 0 Å². The molecule has 1 saturated heterocycles. The van der Waals surface area contributed by atoms with Crippen molar-refractivity contribution in [1.82, 2.24) is 29.2 Å². The van der Waals surface area contributed by atoms with E-state index in [9.17, 15) is 9.90 Å². The van der Waals surface area contributed by atoms with Crippen LogP contribution in [0.15, 0.2) is 73.3 Å². The summed E-state index contributed by atoms with van der Waals surface area (Å²) in [6.45, 7) is 4.47. The largest absolute Gasteiger partial charge is 0.508 e. The third-order valence-electron chi connectivity index (χ3n) is 10.6. The third kappa shape index (κ3) is 8.07. The minimum Gasteiger partial charge on any atom is -0.508 e. The van der Waals surface area contributed by atoms with E-state index in [0.717, 1.165) is 61.9 Å². The van der Waals surface area contributed by atoms with Gasteiger partial charge in [0.05, 0.1) is 23.8 Å². The number of imidazole rings is 1. The number of para-hydroxylation sites is 1. The molecule has 1 N–H and O–H groups in total. The van der Waals surface area contributed by atoms with Gasteiger partial charge in [0.2, 0.25) is 5.91 Å². The van der Waals surface area contributed by atoms with E-state index >= 15 is 4.79 Å². The Labute approximate surface area is 305 Å². The van der Waals surface area contributed by atoms with Gasteiger partial charge in [-0.2, -0.15) is 0 Å². The zero-order valence-corrected chi connectivity index (χ0v) is 30.0. The summed E-state index contributed by atoms with van der Waals surface area (Å²) < 4.78 is 8.14. The normalized spacial score (nSPS) is 19.5. The average molecular weight is 711 g/mol. The predicted octanol–water partition coefficient (Wildman–Crippen LogP) is 6.71. The molecule has 2 fully saturated rings. The fourth-order valence-electron chi connectivity index (χ4n) is 7.98. The first-order valence-electron chi connectivity index (χ1n) is 18.3. The Morgan fingerprint density at radius 1 is 1.00 bits per heavy atom. The molecule has 2 atom stereocenters. The highest BCUT2D eigenvalue weighted by molar-refractivity contribution is 6.30. The number of pyridine rings is 1. The number of aromatic hydroxyl groups is 1. The minimum atomic E-state index is -0.803. The maximum Gasteiger partial charge on any atom is 0.410 e. The van der Waals surface area contributed by atoms with Gasteiger partial charge in [0.25, 0.3) is 0 Å². The second kappa shape index (κ2) is 15.9. The maximum absolute atomic E-state index is 15.0. The van der Waals surface area contributed by atoms with Crippen LogP contribution in [0.1, 0.15) is 78.2 Å². The van der Waals surface area contributed by atoms with E-state index in [0.29, 0.717) is 49.7 Å². The van der Waals surface area contributed by atoms with Crippen molar-refractivity contribution in [3.63, 3.8) is 0 Å². The van der Waals surface area contributed by atoms with E-state index < -0.39 is 12.1 Å². The number of piperazine rings is 1. The lowest BCUT2D eigenvalue weighted by Crippen LogP contribution is -2.62. The first-order chi connectivity index (χ1) is 24.8. The quantitative estimate of drug-likeness (QED) is 0.206. The van der Waals surface area contributed by atoms with Crippen LogP contribution < -0.4 is 0 Å². The number of fused-ring (bicyclic) bond motifs is 2. The van der Waals surface area contributed by atoms with E-state index in [2.05, 4.69) is 22.0 Å². The summed E-state index contributed by atoms with van der Waals surface area (Å²) >= 11 is 6.51. The van der Waals surface area contributed by atoms with Gasteiger partial charge in [0.15, 0.2) is 0 Å². The monoisotopic (exact) mass is 710 g/mol. The molecule has 51 heavy (non-hydrogen) atoms. The van der Waals surface area contributed by atoms with Gasteiger partial charge >= 0.3 is 6.09 Å². The molecule has 3 aliphatic rings. The first-order valence-corrected chi connectivity index (χ1v) is 18.7. The summed E-state index contributed by atoms with van der Waals surface area (Å²) in [5.41, 5.74) is 6.04. The fraction of sp³-hybridized carbons (Fsp3) is 0.450. The molecule has 4 aromatic rings. The van der Waals surface area contributed by atoms with Crippen molar-refractivity contribution in [2.75, 3.05) is 26.2 Å². The average Bonchev–Trinajstić information content (AvgIpc) is 3.49. The van der Waals surface area contributed by atoms with Crippen LogP contribution in [0, 0.1) is 6.92 Å². The number of hydrogen-bond acceptors (Lipinski definition) is 7. The molecule has 2 aromatic heterocycles. The van der Waals surface area contributed by atoms with E-state index in [-0.39, 0.29) is 30.3 Å². The molecule has 7 rings (SSSR count). The van der Waals surface area contributed by atoms with Crippen LogP contribution >= 0.6 is 11.6 Å². The summed E-state index contributed by atoms with van der Waals surface area (Å²) in [5, 5.41) is 11.5. The van der Waals surface area contributed by atoms with Crippen molar-refractivity contribution in [3.8, 4) is 5.75 Å². The zero-order chi connectivity index (χ0) is 35.3. The number of phenols is 1. The molecule has 2 aromatic carbocycles. The maximum atomic E-state index is 15.0. The van der Waals surface area contributed by atoms with E-state index in [1.165, 1.54) is 11.1 Å². The van der Waals surface area contributed by atoms with Crippen molar-refractivity contribution >= 4 is 23.6 Å². The van der Waals surface area contributed by atoms with E-state index in [1.54, 1.807) is 28.3 Å². The molecule has 268 valence electrons. The Balaban J connectivity index is 1.22. The summed E-state index contributed by atoms with van der Waals surface area (Å²) in [6.07, 6.45) is 12.3. The Hall–Kier alpha value is -4.41. The van der Waals surface area contributed by atoms with Crippen LogP contribution in [0.4, 0.5) is 4.79 Å². The lowest BCUT2D eigenvalue weighted by molar-refractivity contribution is -0.140. The Kier molecular flexibility index (Phi) is 10.9. The SMILES string of the molecule is Cc1cn(CCCN(Cc2ccccc2O)C(=O)[C@H]2CN(C3c4ccc(Cl)cc4CCc4cccnc43)CCN2C(=O)OC2CCCCC2)cn1. The van der Waals surface area contributed by atoms with Crippen LogP contribution in [-0.4, -0.2) is 84.7 Å². The summed E-state index contributed by atoms with van der Waals surface area (Å²) in [6, 6.07) is 16.3. The molecule has 0 radical (unpaired) electrons. The molecule has 11 heteroatoms. The molecule has 0 spiro atoms. The Morgan fingerprint density at radius 3 is 2.63 bits per heavy atom. The van der Waals surface area contributed by atoms with Gasteiger partial charge in [-0.25, -0.2) is 9.78 Å². The predicted molar refractivity (Wildman–Crippen MR) is 195 cm³/mol. The van der Waals surface area contributed by atoms with Gasteiger partial charge in [-0.3, -0.25) is 19.6 Å². The minimum absolute atomic E-state index is 0.134. The van der Waals surface area contributed by atoms with Crippen LogP contribution in [-0.2, 0) is 35.5 Å². The third-order valence-corrected chi connectivity index (χ3v) is 10.9. The molecule has 10 nitrogen and oxygen atoms in total. The molecule has 3 heterocycles. The second-order valence-corrected chi connectivity index (χ2v) is 14.6. The molecule has 2 aliphatic carbocycles. The number of aromatic nitrogens is 3. The van der Waals surface area contributed by atoms with Crippen LogP contribution in [0.2, 0.25) is 5.02 Å². The van der Waals surface area contributed by atoms with Gasteiger partial charge in [-0.05, 0) is 92.8 Å². The topological polar surface area (TPSA) is 104 Å². The number of carbonyl (C=O) groups is 2. The number of nitrogens with zero attached hydrogens (tertiary/aromatic N) is 6. The van der Waals surface area contributed by atoms with E-state index in [1.807, 2.05) is 54.2 Å². The molecule has 1 aliphatic heterocycles. The van der Waals surface area contributed by atoms with Crippen molar-refractivity contribution in [3.05, 3.63) is 112 Å². The zero-order valence-electron chi connectivity index (χ0n) is 29.3. The lowest BCUT2D eigenvalue weighted by Gasteiger charge is -2.45. The van der Waals surface area contributed by atoms with Crippen LogP contribution in [0.3, 0.4) is 0 Å². The van der Waals surface area contributed by atoms with Gasteiger partial charge in [0.1, 0.15) is 17.9 Å². The van der Waals surface area contributed by atoms with Crippen LogP contribution in [0.25, 0.3) is 0 Å². The summed E-state index contributed by atoms with van der Waals surface area (Å²) in [7, 11) is 0. The molecular formula is C40H47ClN6O4. The van der Waals surface area contributed by atoms with Crippen molar-refractivity contribution in [2.24, 2.45) is 0 Å². The number of halogens is 1. The number of rotatable bonds is 9. The van der Waals surface area contributed by atoms with Gasteiger partial charge in [-0.1, -0.05) is 48.4 Å². The van der Waals surface area contributed by atoms with E-state index in [4.69, 9.17) is 21.3 Å². The second-order valence-electron chi connectivity index (χ2n) is 14.1. The number of amides is 2.